The van der Waals surface area contributed by atoms with Crippen molar-refractivity contribution in [1.29, 1.82) is 0 Å². The lowest BCUT2D eigenvalue weighted by atomic mass is 10.2. The second-order valence-electron chi connectivity index (χ2n) is 3.45. The highest BCUT2D eigenvalue weighted by Crippen LogP contribution is 2.00. The van der Waals surface area contributed by atoms with E-state index in [0.29, 0.717) is 6.54 Å². The fourth-order valence-electron chi connectivity index (χ4n) is 1.03. The van der Waals surface area contributed by atoms with Crippen LogP contribution in [-0.4, -0.2) is 48.3 Å². The molecule has 1 N–H and O–H groups in total. The van der Waals surface area contributed by atoms with Gasteiger partial charge in [-0.1, -0.05) is 0 Å². The molecular formula is C9H19NO3. The monoisotopic (exact) mass is 189 g/mol. The molecule has 0 saturated heterocycles. The molecule has 0 fully saturated rings. The van der Waals surface area contributed by atoms with Crippen LogP contribution < -0.4 is 0 Å². The van der Waals surface area contributed by atoms with E-state index < -0.39 is 6.10 Å². The van der Waals surface area contributed by atoms with Crippen molar-refractivity contribution in [2.24, 2.45) is 0 Å². The minimum absolute atomic E-state index is 0.230. The molecule has 13 heavy (non-hydrogen) atoms. The number of rotatable bonds is 5. The number of aliphatic hydroxyl groups excluding tert-OH is 1. The molecule has 0 bridgehead atoms. The molecule has 0 aromatic rings. The molecule has 0 aliphatic rings. The third-order valence-electron chi connectivity index (χ3n) is 1.79. The summed E-state index contributed by atoms with van der Waals surface area (Å²) in [5.74, 6) is -0.269. The van der Waals surface area contributed by atoms with Crippen molar-refractivity contribution in [3.05, 3.63) is 0 Å². The average Bonchev–Trinajstić information content (AvgIpc) is 2.02. The second kappa shape index (κ2) is 5.94. The number of ether oxygens (including phenoxy) is 1. The average molecular weight is 189 g/mol. The van der Waals surface area contributed by atoms with Crippen LogP contribution in [0.1, 0.15) is 20.8 Å². The van der Waals surface area contributed by atoms with E-state index in [4.69, 9.17) is 5.11 Å². The molecule has 0 aromatic carbocycles. The van der Waals surface area contributed by atoms with Gasteiger partial charge < -0.3 is 9.84 Å². The summed E-state index contributed by atoms with van der Waals surface area (Å²) in [6, 6.07) is 0.230. The van der Waals surface area contributed by atoms with Gasteiger partial charge in [0.25, 0.3) is 0 Å². The predicted octanol–water partition coefficient (Wildman–Crippen LogP) is 0.251. The smallest absolute Gasteiger partial charge is 0.319 e. The topological polar surface area (TPSA) is 49.8 Å². The molecule has 0 rings (SSSR count). The van der Waals surface area contributed by atoms with Gasteiger partial charge in [0, 0.05) is 12.6 Å². The summed E-state index contributed by atoms with van der Waals surface area (Å²) in [6.45, 7) is 6.38. The van der Waals surface area contributed by atoms with E-state index in [1.54, 1.807) is 6.92 Å². The Morgan fingerprint density at radius 1 is 1.46 bits per heavy atom. The quantitative estimate of drug-likeness (QED) is 0.630. The fourth-order valence-corrected chi connectivity index (χ4v) is 1.03. The number of hydrogen-bond acceptors (Lipinski definition) is 4. The number of carbonyl (C=O) groups is 1. The molecule has 0 aromatic heterocycles. The van der Waals surface area contributed by atoms with Gasteiger partial charge in [0.1, 0.15) is 0 Å². The molecule has 1 atom stereocenters. The Labute approximate surface area is 79.5 Å². The number of nitrogens with zero attached hydrogens (tertiary/aromatic N) is 1. The SMILES string of the molecule is COC(=O)CN(CC(C)O)C(C)C. The molecule has 1 unspecified atom stereocenters. The molecule has 0 aliphatic heterocycles. The first-order chi connectivity index (χ1) is 5.97. The van der Waals surface area contributed by atoms with Crippen LogP contribution in [0.15, 0.2) is 0 Å². The number of hydrogen-bond donors (Lipinski definition) is 1. The maximum Gasteiger partial charge on any atom is 0.319 e. The van der Waals surface area contributed by atoms with Crippen LogP contribution in [-0.2, 0) is 9.53 Å². The summed E-state index contributed by atoms with van der Waals surface area (Å²) in [5, 5.41) is 9.16. The zero-order chi connectivity index (χ0) is 10.4. The number of carbonyl (C=O) groups excluding carboxylic acids is 1. The minimum atomic E-state index is -0.424. The van der Waals surface area contributed by atoms with Crippen LogP contribution in [0.3, 0.4) is 0 Å². The second-order valence-corrected chi connectivity index (χ2v) is 3.45. The first kappa shape index (κ1) is 12.4. The standard InChI is InChI=1S/C9H19NO3/c1-7(2)10(5-8(3)11)6-9(12)13-4/h7-8,11H,5-6H2,1-4H3. The van der Waals surface area contributed by atoms with Gasteiger partial charge in [0.2, 0.25) is 0 Å². The van der Waals surface area contributed by atoms with Gasteiger partial charge >= 0.3 is 5.97 Å². The van der Waals surface area contributed by atoms with Crippen LogP contribution in [0, 0.1) is 0 Å². The molecule has 0 heterocycles. The van der Waals surface area contributed by atoms with Gasteiger partial charge in [-0.3, -0.25) is 9.69 Å². The molecule has 0 aliphatic carbocycles. The fraction of sp³-hybridized carbons (Fsp3) is 0.889. The normalized spacial score (nSPS) is 13.5. The lowest BCUT2D eigenvalue weighted by Gasteiger charge is -2.26. The summed E-state index contributed by atoms with van der Waals surface area (Å²) in [7, 11) is 1.36. The minimum Gasteiger partial charge on any atom is -0.468 e. The van der Waals surface area contributed by atoms with Crippen molar-refractivity contribution in [2.75, 3.05) is 20.2 Å². The van der Waals surface area contributed by atoms with E-state index in [1.165, 1.54) is 7.11 Å². The van der Waals surface area contributed by atoms with Crippen molar-refractivity contribution in [3.63, 3.8) is 0 Å². The number of methoxy groups -OCH3 is 1. The largest absolute Gasteiger partial charge is 0.468 e. The van der Waals surface area contributed by atoms with Gasteiger partial charge in [-0.2, -0.15) is 0 Å². The van der Waals surface area contributed by atoms with Crippen molar-refractivity contribution < 1.29 is 14.6 Å². The molecule has 0 spiro atoms. The maximum absolute atomic E-state index is 11.0. The Morgan fingerprint density at radius 2 is 2.00 bits per heavy atom. The Balaban J connectivity index is 4.02. The molecule has 0 radical (unpaired) electrons. The van der Waals surface area contributed by atoms with Gasteiger partial charge in [-0.25, -0.2) is 0 Å². The van der Waals surface area contributed by atoms with Crippen molar-refractivity contribution in [2.45, 2.75) is 32.9 Å². The number of aliphatic hydroxyl groups is 1. The molecule has 0 saturated carbocycles. The Kier molecular flexibility index (Phi) is 5.66. The molecule has 78 valence electrons. The van der Waals surface area contributed by atoms with E-state index in [2.05, 4.69) is 4.74 Å². The van der Waals surface area contributed by atoms with Crippen molar-refractivity contribution in [1.82, 2.24) is 4.90 Å². The Hall–Kier alpha value is -0.610. The van der Waals surface area contributed by atoms with E-state index in [9.17, 15) is 4.79 Å². The Morgan fingerprint density at radius 3 is 2.31 bits per heavy atom. The van der Waals surface area contributed by atoms with Gasteiger partial charge in [0.15, 0.2) is 0 Å². The molecular weight excluding hydrogens is 170 g/mol. The van der Waals surface area contributed by atoms with Crippen LogP contribution in [0.25, 0.3) is 0 Å². The zero-order valence-corrected chi connectivity index (χ0v) is 8.78. The van der Waals surface area contributed by atoms with E-state index in [-0.39, 0.29) is 18.6 Å². The Bertz CT molecular complexity index is 157. The predicted molar refractivity (Wildman–Crippen MR) is 50.4 cm³/mol. The third-order valence-corrected chi connectivity index (χ3v) is 1.79. The highest BCUT2D eigenvalue weighted by atomic mass is 16.5. The van der Waals surface area contributed by atoms with E-state index in [0.717, 1.165) is 0 Å². The lowest BCUT2D eigenvalue weighted by molar-refractivity contribution is -0.142. The molecule has 4 heteroatoms. The van der Waals surface area contributed by atoms with Crippen LogP contribution in [0.4, 0.5) is 0 Å². The highest BCUT2D eigenvalue weighted by molar-refractivity contribution is 5.71. The number of esters is 1. The van der Waals surface area contributed by atoms with Crippen LogP contribution >= 0.6 is 0 Å². The van der Waals surface area contributed by atoms with Gasteiger partial charge in [0.05, 0.1) is 19.8 Å². The van der Waals surface area contributed by atoms with Crippen LogP contribution in [0.2, 0.25) is 0 Å². The summed E-state index contributed by atoms with van der Waals surface area (Å²) in [5.41, 5.74) is 0. The summed E-state index contributed by atoms with van der Waals surface area (Å²) >= 11 is 0. The van der Waals surface area contributed by atoms with Crippen molar-refractivity contribution >= 4 is 5.97 Å². The highest BCUT2D eigenvalue weighted by Gasteiger charge is 2.15. The summed E-state index contributed by atoms with van der Waals surface area (Å²) in [4.78, 5) is 12.8. The van der Waals surface area contributed by atoms with Crippen molar-refractivity contribution in [3.8, 4) is 0 Å². The summed E-state index contributed by atoms with van der Waals surface area (Å²) in [6.07, 6.45) is -0.424. The van der Waals surface area contributed by atoms with Gasteiger partial charge in [-0.15, -0.1) is 0 Å². The van der Waals surface area contributed by atoms with E-state index >= 15 is 0 Å². The molecule has 0 amide bonds. The first-order valence-corrected chi connectivity index (χ1v) is 4.46. The first-order valence-electron chi connectivity index (χ1n) is 4.46. The van der Waals surface area contributed by atoms with Gasteiger partial charge in [-0.05, 0) is 20.8 Å². The van der Waals surface area contributed by atoms with E-state index in [1.807, 2.05) is 18.7 Å². The lowest BCUT2D eigenvalue weighted by Crippen LogP contribution is -2.40. The zero-order valence-electron chi connectivity index (χ0n) is 8.78. The summed E-state index contributed by atoms with van der Waals surface area (Å²) < 4.78 is 4.55. The van der Waals surface area contributed by atoms with Crippen LogP contribution in [0.5, 0.6) is 0 Å². The molecule has 4 nitrogen and oxygen atoms in total. The maximum atomic E-state index is 11.0. The third kappa shape index (κ3) is 5.60.